The summed E-state index contributed by atoms with van der Waals surface area (Å²) in [7, 11) is 0. The number of carbonyl (C=O) groups is 4. The van der Waals surface area contributed by atoms with E-state index in [4.69, 9.17) is 25.5 Å². The van der Waals surface area contributed by atoms with Crippen molar-refractivity contribution in [2.75, 3.05) is 21.2 Å². The number of anilines is 3. The first-order valence-electron chi connectivity index (χ1n) is 21.4. The third-order valence-corrected chi connectivity index (χ3v) is 13.1. The van der Waals surface area contributed by atoms with E-state index in [0.717, 1.165) is 33.8 Å². The third kappa shape index (κ3) is 6.59. The first-order valence-corrected chi connectivity index (χ1v) is 21.8. The van der Waals surface area contributed by atoms with Gasteiger partial charge in [0, 0.05) is 23.6 Å². The number of imide groups is 2. The molecule has 324 valence electrons. The lowest BCUT2D eigenvalue weighted by atomic mass is 9.78. The van der Waals surface area contributed by atoms with E-state index in [1.165, 1.54) is 17.0 Å². The number of hydrogen-bond acceptors (Lipinski definition) is 10. The first kappa shape index (κ1) is 40.7. The number of benzene rings is 6. The molecule has 3 aliphatic heterocycles. The van der Waals surface area contributed by atoms with Gasteiger partial charge in [-0.15, -0.1) is 5.10 Å². The second-order valence-corrected chi connectivity index (χ2v) is 17.3. The number of carbonyl (C=O) groups excluding carboxylic acids is 4. The van der Waals surface area contributed by atoms with E-state index in [9.17, 15) is 19.2 Å². The molecule has 0 spiro atoms. The van der Waals surface area contributed by atoms with Gasteiger partial charge in [0.1, 0.15) is 23.0 Å². The van der Waals surface area contributed by atoms with E-state index < -0.39 is 17.2 Å². The summed E-state index contributed by atoms with van der Waals surface area (Å²) in [6.07, 6.45) is 8.50. The van der Waals surface area contributed by atoms with Gasteiger partial charge in [-0.1, -0.05) is 91.2 Å². The van der Waals surface area contributed by atoms with Gasteiger partial charge in [0.05, 0.1) is 44.6 Å². The molecule has 0 saturated heterocycles. The third-order valence-electron chi connectivity index (χ3n) is 12.8. The summed E-state index contributed by atoms with van der Waals surface area (Å²) in [4.78, 5) is 58.7. The number of hydrogen-bond donors (Lipinski definition) is 0. The van der Waals surface area contributed by atoms with Gasteiger partial charge in [-0.25, -0.2) is 4.90 Å². The fourth-order valence-electron chi connectivity index (χ4n) is 9.27. The van der Waals surface area contributed by atoms with Gasteiger partial charge in [0.15, 0.2) is 0 Å². The predicted octanol–water partition coefficient (Wildman–Crippen LogP) is 11.3. The van der Waals surface area contributed by atoms with E-state index in [0.29, 0.717) is 50.4 Å². The van der Waals surface area contributed by atoms with Crippen molar-refractivity contribution in [3.63, 3.8) is 0 Å². The molecule has 7 aromatic rings. The molecule has 4 amide bonds. The van der Waals surface area contributed by atoms with Crippen LogP contribution in [-0.4, -0.2) is 46.4 Å². The molecule has 12 nitrogen and oxygen atoms in total. The molecule has 2 unspecified atom stereocenters. The molecular weight excluding hydrogens is 854 g/mol. The van der Waals surface area contributed by atoms with E-state index >= 15 is 0 Å². The van der Waals surface area contributed by atoms with Gasteiger partial charge in [-0.05, 0) is 115 Å². The van der Waals surface area contributed by atoms with Crippen LogP contribution in [0.3, 0.4) is 0 Å². The van der Waals surface area contributed by atoms with Crippen LogP contribution in [0.5, 0.6) is 23.0 Å². The van der Waals surface area contributed by atoms with Gasteiger partial charge < -0.3 is 18.8 Å². The van der Waals surface area contributed by atoms with E-state index in [2.05, 4.69) is 54.1 Å². The number of halogens is 1. The number of ether oxygens (including phenoxy) is 2. The molecule has 6 aromatic carbocycles. The minimum absolute atomic E-state index is 0.0793. The Morgan fingerprint density at radius 2 is 1.17 bits per heavy atom. The number of rotatable bonds is 10. The van der Waals surface area contributed by atoms with Gasteiger partial charge >= 0.3 is 6.01 Å². The number of aromatic nitrogens is 2. The van der Waals surface area contributed by atoms with Gasteiger partial charge in [-0.2, -0.15) is 4.90 Å². The average molecular weight is 892 g/mol. The molecule has 0 N–H and O–H groups in total. The number of fused-ring (bicyclic) bond motifs is 5. The Labute approximate surface area is 384 Å². The summed E-state index contributed by atoms with van der Waals surface area (Å²) in [6.45, 7) is 7.22. The normalized spacial score (nSPS) is 17.1. The lowest BCUT2D eigenvalue weighted by molar-refractivity contribution is 0.0906. The Morgan fingerprint density at radius 3 is 1.79 bits per heavy atom. The van der Waals surface area contributed by atoms with Crippen LogP contribution in [0.25, 0.3) is 11.5 Å². The molecule has 0 bridgehead atoms. The predicted molar refractivity (Wildman–Crippen MR) is 249 cm³/mol. The summed E-state index contributed by atoms with van der Waals surface area (Å²) < 4.78 is 18.1. The summed E-state index contributed by atoms with van der Waals surface area (Å²) in [5.74, 6) is 0.218. The van der Waals surface area contributed by atoms with Crippen molar-refractivity contribution in [3.8, 4) is 34.5 Å². The van der Waals surface area contributed by atoms with Gasteiger partial charge in [-0.3, -0.25) is 19.2 Å². The molecule has 1 aliphatic carbocycles. The smallest absolute Gasteiger partial charge is 0.332 e. The second-order valence-electron chi connectivity index (χ2n) is 16.9. The molecule has 0 radical (unpaired) electrons. The SMILES string of the molecule is CCN1c2ccc(N3C(=O)c4ccc(Oc5ccc(C(C)(C)c6ccc(Oc7ccc8c(c7)C(=O)N(c7nnc(-c9ccccc9Cl)o7)C8=O)cc6)cc5)cc4C3=O)cc2C2C=CC=CC21. The van der Waals surface area contributed by atoms with Crippen LogP contribution < -0.4 is 24.2 Å². The Bertz CT molecular complexity index is 3250. The van der Waals surface area contributed by atoms with Crippen molar-refractivity contribution in [3.05, 3.63) is 196 Å². The van der Waals surface area contributed by atoms with Crippen LogP contribution in [0, 0.1) is 0 Å². The maximum atomic E-state index is 13.9. The zero-order valence-electron chi connectivity index (χ0n) is 35.8. The fourth-order valence-corrected chi connectivity index (χ4v) is 9.49. The highest BCUT2D eigenvalue weighted by atomic mass is 35.5. The van der Waals surface area contributed by atoms with Crippen LogP contribution in [0.4, 0.5) is 17.4 Å². The Hall–Kier alpha value is -8.09. The molecule has 4 aliphatic rings. The molecule has 4 heterocycles. The topological polar surface area (TPSA) is 135 Å². The lowest BCUT2D eigenvalue weighted by Gasteiger charge is -2.27. The van der Waals surface area contributed by atoms with Crippen molar-refractivity contribution in [2.24, 2.45) is 0 Å². The highest BCUT2D eigenvalue weighted by molar-refractivity contribution is 6.35. The van der Waals surface area contributed by atoms with Gasteiger partial charge in [0.25, 0.3) is 29.5 Å². The Kier molecular flexibility index (Phi) is 9.59. The Morgan fingerprint density at radius 1 is 0.606 bits per heavy atom. The molecular formula is C53H38ClN5O7. The average Bonchev–Trinajstić information content (AvgIpc) is 4.06. The monoisotopic (exact) mass is 891 g/mol. The van der Waals surface area contributed by atoms with Crippen LogP contribution in [0.15, 0.2) is 156 Å². The minimum Gasteiger partial charge on any atom is -0.457 e. The van der Waals surface area contributed by atoms with Crippen molar-refractivity contribution in [1.29, 1.82) is 0 Å². The molecule has 66 heavy (non-hydrogen) atoms. The van der Waals surface area contributed by atoms with Crippen molar-refractivity contribution >= 4 is 52.6 Å². The quantitative estimate of drug-likeness (QED) is 0.122. The van der Waals surface area contributed by atoms with Crippen molar-refractivity contribution in [2.45, 2.75) is 38.1 Å². The summed E-state index contributed by atoms with van der Waals surface area (Å²) >= 11 is 6.27. The summed E-state index contributed by atoms with van der Waals surface area (Å²) in [5, 5.41) is 8.34. The number of nitrogens with zero attached hydrogens (tertiary/aromatic N) is 5. The lowest BCUT2D eigenvalue weighted by Crippen LogP contribution is -2.32. The molecule has 1 aromatic heterocycles. The zero-order valence-corrected chi connectivity index (χ0v) is 36.5. The molecule has 0 fully saturated rings. The maximum Gasteiger partial charge on any atom is 0.332 e. The molecule has 2 atom stereocenters. The molecule has 0 saturated carbocycles. The number of allylic oxidation sites excluding steroid dienone is 2. The first-order chi connectivity index (χ1) is 32.0. The largest absolute Gasteiger partial charge is 0.457 e. The summed E-state index contributed by atoms with van der Waals surface area (Å²) in [5.41, 5.74) is 5.86. The number of likely N-dealkylation sites (N-methyl/N-ethyl adjacent to an activating group) is 1. The number of amides is 4. The van der Waals surface area contributed by atoms with Crippen LogP contribution in [0.1, 0.15) is 84.8 Å². The summed E-state index contributed by atoms with van der Waals surface area (Å²) in [6, 6.07) is 37.8. The highest BCUT2D eigenvalue weighted by Crippen LogP contribution is 2.46. The van der Waals surface area contributed by atoms with Crippen molar-refractivity contribution < 1.29 is 33.1 Å². The maximum absolute atomic E-state index is 13.9. The highest BCUT2D eigenvalue weighted by Gasteiger charge is 2.42. The van der Waals surface area contributed by atoms with Crippen LogP contribution in [-0.2, 0) is 5.41 Å². The van der Waals surface area contributed by atoms with Crippen LogP contribution in [0.2, 0.25) is 5.02 Å². The molecule has 11 rings (SSSR count). The standard InChI is InChI=1S/C53H38ClN5O7/c1-4-57-45-12-8-6-9-37(45)41-27-32(17-26-46(41)57)58-48(60)38-24-22-35(28-42(38)50(58)62)64-33-18-13-30(14-19-33)53(2,3)31-15-20-34(21-16-31)65-36-23-25-39-43(29-36)51(63)59(49(39)61)52-56-55-47(66-52)40-10-5-7-11-44(40)54/h5-29,37,45H,4H2,1-3H3. The van der Waals surface area contributed by atoms with E-state index in [1.54, 1.807) is 48.5 Å². The van der Waals surface area contributed by atoms with E-state index in [-0.39, 0.29) is 46.8 Å². The second kappa shape index (κ2) is 15.6. The zero-order chi connectivity index (χ0) is 45.4. The molecule has 13 heteroatoms. The van der Waals surface area contributed by atoms with Gasteiger partial charge in [0.2, 0.25) is 0 Å². The van der Waals surface area contributed by atoms with Crippen molar-refractivity contribution in [1.82, 2.24) is 10.2 Å². The Balaban J connectivity index is 0.747. The van der Waals surface area contributed by atoms with Crippen LogP contribution >= 0.6 is 11.6 Å². The fraction of sp³-hybridized carbons (Fsp3) is 0.132. The minimum atomic E-state index is -0.614. The van der Waals surface area contributed by atoms with E-state index in [1.807, 2.05) is 72.8 Å².